The monoisotopic (exact) mass is 383 g/mol. The molecule has 2 aromatic carbocycles. The molecule has 0 aliphatic carbocycles. The van der Waals surface area contributed by atoms with Gasteiger partial charge in [-0.1, -0.05) is 12.1 Å². The second kappa shape index (κ2) is 5.12. The molecular formula is C10H9NO9S3. The Bertz CT molecular complexity index is 1130. The summed E-state index contributed by atoms with van der Waals surface area (Å²) >= 11 is 0. The molecule has 0 fully saturated rings. The Hall–Kier alpha value is -1.77. The van der Waals surface area contributed by atoms with Crippen molar-refractivity contribution in [2.45, 2.75) is 14.7 Å². The van der Waals surface area contributed by atoms with Gasteiger partial charge in [-0.25, -0.2) is 0 Å². The van der Waals surface area contributed by atoms with Crippen LogP contribution in [0.25, 0.3) is 10.8 Å². The van der Waals surface area contributed by atoms with Gasteiger partial charge in [0.2, 0.25) is 0 Å². The van der Waals surface area contributed by atoms with Gasteiger partial charge >= 0.3 is 0 Å². The first-order valence-electron chi connectivity index (χ1n) is 5.52. The fourth-order valence-electron chi connectivity index (χ4n) is 2.06. The van der Waals surface area contributed by atoms with E-state index in [1.807, 2.05) is 0 Å². The molecule has 0 radical (unpaired) electrons. The number of hydrogen-bond acceptors (Lipinski definition) is 7. The van der Waals surface area contributed by atoms with E-state index < -0.39 is 56.1 Å². The van der Waals surface area contributed by atoms with E-state index >= 15 is 0 Å². The fourth-order valence-corrected chi connectivity index (χ4v) is 4.70. The number of anilines is 1. The SMILES string of the molecule is Nc1c(S(=O)(=O)O)c(S(=O)(=O)O)cc2c(S(=O)(=O)O)cccc12. The number of nitrogens with two attached hydrogens (primary N) is 1. The van der Waals surface area contributed by atoms with Crippen LogP contribution in [-0.2, 0) is 30.4 Å². The Balaban J connectivity index is 3.23. The topological polar surface area (TPSA) is 189 Å². The molecule has 0 amide bonds. The van der Waals surface area contributed by atoms with Crippen LogP contribution in [0.1, 0.15) is 0 Å². The highest BCUT2D eigenvalue weighted by Gasteiger charge is 2.30. The van der Waals surface area contributed by atoms with Crippen LogP contribution in [0.2, 0.25) is 0 Å². The third-order valence-electron chi connectivity index (χ3n) is 2.91. The summed E-state index contributed by atoms with van der Waals surface area (Å²) in [6.07, 6.45) is 0. The summed E-state index contributed by atoms with van der Waals surface area (Å²) in [5.74, 6) is 0. The van der Waals surface area contributed by atoms with E-state index in [1.165, 1.54) is 0 Å². The van der Waals surface area contributed by atoms with Crippen molar-refractivity contribution in [3.63, 3.8) is 0 Å². The second-order valence-corrected chi connectivity index (χ2v) is 8.53. The first kappa shape index (κ1) is 17.6. The molecule has 0 unspecified atom stereocenters. The van der Waals surface area contributed by atoms with Crippen LogP contribution in [-0.4, -0.2) is 38.9 Å². The van der Waals surface area contributed by atoms with Gasteiger partial charge in [0.05, 0.1) is 5.69 Å². The van der Waals surface area contributed by atoms with Crippen LogP contribution in [0, 0.1) is 0 Å². The molecule has 0 bridgehead atoms. The van der Waals surface area contributed by atoms with Gasteiger partial charge < -0.3 is 5.73 Å². The number of hydrogen-bond donors (Lipinski definition) is 4. The Morgan fingerprint density at radius 2 is 1.26 bits per heavy atom. The summed E-state index contributed by atoms with van der Waals surface area (Å²) in [6, 6.07) is 3.65. The summed E-state index contributed by atoms with van der Waals surface area (Å²) in [5, 5.41) is -0.715. The van der Waals surface area contributed by atoms with Gasteiger partial charge in [-0.05, 0) is 12.1 Å². The van der Waals surface area contributed by atoms with Crippen LogP contribution >= 0.6 is 0 Å². The zero-order valence-electron chi connectivity index (χ0n) is 10.9. The first-order chi connectivity index (χ1) is 10.2. The fraction of sp³-hybridized carbons (Fsp3) is 0. The van der Waals surface area contributed by atoms with Crippen molar-refractivity contribution in [1.29, 1.82) is 0 Å². The van der Waals surface area contributed by atoms with Gasteiger partial charge in [0.15, 0.2) is 0 Å². The predicted molar refractivity (Wildman–Crippen MR) is 77.8 cm³/mol. The maximum atomic E-state index is 11.4. The molecule has 23 heavy (non-hydrogen) atoms. The normalized spacial score (nSPS) is 13.3. The van der Waals surface area contributed by atoms with E-state index in [4.69, 9.17) is 19.4 Å². The molecule has 0 heterocycles. The lowest BCUT2D eigenvalue weighted by molar-refractivity contribution is 0.467. The van der Waals surface area contributed by atoms with Gasteiger partial charge in [-0.2, -0.15) is 25.3 Å². The van der Waals surface area contributed by atoms with Crippen molar-refractivity contribution >= 4 is 46.8 Å². The quantitative estimate of drug-likeness (QED) is 0.419. The summed E-state index contributed by atoms with van der Waals surface area (Å²) in [7, 11) is -15.2. The minimum Gasteiger partial charge on any atom is -0.397 e. The summed E-state index contributed by atoms with van der Waals surface area (Å²) < 4.78 is 95.6. The number of benzene rings is 2. The molecule has 0 aliphatic heterocycles. The molecule has 0 atom stereocenters. The van der Waals surface area contributed by atoms with Gasteiger partial charge in [0.1, 0.15) is 14.7 Å². The predicted octanol–water partition coefficient (Wildman–Crippen LogP) is 0.162. The first-order valence-corrected chi connectivity index (χ1v) is 9.84. The van der Waals surface area contributed by atoms with E-state index in [-0.39, 0.29) is 5.39 Å². The Morgan fingerprint density at radius 3 is 1.70 bits per heavy atom. The van der Waals surface area contributed by atoms with Crippen LogP contribution in [0.5, 0.6) is 0 Å². The van der Waals surface area contributed by atoms with Gasteiger partial charge in [0.25, 0.3) is 30.4 Å². The van der Waals surface area contributed by atoms with Crippen molar-refractivity contribution in [3.8, 4) is 0 Å². The van der Waals surface area contributed by atoms with Crippen molar-refractivity contribution in [2.24, 2.45) is 0 Å². The van der Waals surface area contributed by atoms with Crippen molar-refractivity contribution in [1.82, 2.24) is 0 Å². The zero-order chi connectivity index (χ0) is 17.8. The van der Waals surface area contributed by atoms with E-state index in [0.29, 0.717) is 6.07 Å². The Labute approximate surface area is 130 Å². The molecule has 13 heteroatoms. The van der Waals surface area contributed by atoms with Crippen molar-refractivity contribution in [3.05, 3.63) is 24.3 Å². The molecule has 10 nitrogen and oxygen atoms in total. The van der Waals surface area contributed by atoms with E-state index in [9.17, 15) is 25.3 Å². The molecule has 2 rings (SSSR count). The minimum absolute atomic E-state index is 0.264. The Kier molecular flexibility index (Phi) is 3.91. The molecule has 0 aliphatic rings. The molecule has 126 valence electrons. The average molecular weight is 383 g/mol. The molecule has 5 N–H and O–H groups in total. The van der Waals surface area contributed by atoms with Crippen LogP contribution in [0.3, 0.4) is 0 Å². The smallest absolute Gasteiger partial charge is 0.298 e. The summed E-state index contributed by atoms with van der Waals surface area (Å²) in [6.45, 7) is 0. The molecular weight excluding hydrogens is 374 g/mol. The summed E-state index contributed by atoms with van der Waals surface area (Å²) in [5.41, 5.74) is 4.72. The van der Waals surface area contributed by atoms with Crippen molar-refractivity contribution < 1.29 is 38.9 Å². The van der Waals surface area contributed by atoms with E-state index in [2.05, 4.69) is 0 Å². The maximum Gasteiger partial charge on any atom is 0.298 e. The molecule has 2 aromatic rings. The van der Waals surface area contributed by atoms with Crippen LogP contribution in [0.15, 0.2) is 39.0 Å². The number of rotatable bonds is 3. The lowest BCUT2D eigenvalue weighted by Crippen LogP contribution is -2.12. The molecule has 0 spiro atoms. The lowest BCUT2D eigenvalue weighted by atomic mass is 10.1. The third-order valence-corrected chi connectivity index (χ3v) is 5.79. The maximum absolute atomic E-state index is 11.4. The van der Waals surface area contributed by atoms with Crippen LogP contribution < -0.4 is 5.73 Å². The molecule has 0 saturated carbocycles. The van der Waals surface area contributed by atoms with Crippen molar-refractivity contribution in [2.75, 3.05) is 5.73 Å². The zero-order valence-corrected chi connectivity index (χ0v) is 13.4. The highest BCUT2D eigenvalue weighted by Crippen LogP contribution is 2.36. The highest BCUT2D eigenvalue weighted by atomic mass is 32.2. The highest BCUT2D eigenvalue weighted by molar-refractivity contribution is 7.89. The average Bonchev–Trinajstić information content (AvgIpc) is 2.34. The minimum atomic E-state index is -5.19. The van der Waals surface area contributed by atoms with E-state index in [0.717, 1.165) is 18.2 Å². The largest absolute Gasteiger partial charge is 0.397 e. The second-order valence-electron chi connectivity index (χ2n) is 4.39. The number of nitrogen functional groups attached to an aromatic ring is 1. The van der Waals surface area contributed by atoms with Gasteiger partial charge in [-0.15, -0.1) is 0 Å². The molecule has 0 aromatic heterocycles. The van der Waals surface area contributed by atoms with E-state index in [1.54, 1.807) is 0 Å². The van der Waals surface area contributed by atoms with Gasteiger partial charge in [-0.3, -0.25) is 13.7 Å². The summed E-state index contributed by atoms with van der Waals surface area (Å²) in [4.78, 5) is -3.37. The standard InChI is InChI=1S/C10H9NO9S3/c11-9-5-2-1-3-7(21(12,13)14)6(5)4-8(22(15,16)17)10(9)23(18,19)20/h1-4H,11H2,(H,12,13,14)(H,15,16,17)(H,18,19,20). The number of fused-ring (bicyclic) bond motifs is 1. The molecule has 0 saturated heterocycles. The Morgan fingerprint density at radius 1 is 0.739 bits per heavy atom. The third kappa shape index (κ3) is 3.15. The van der Waals surface area contributed by atoms with Crippen LogP contribution in [0.4, 0.5) is 5.69 Å². The lowest BCUT2D eigenvalue weighted by Gasteiger charge is -2.13. The van der Waals surface area contributed by atoms with Gasteiger partial charge in [0, 0.05) is 10.8 Å².